The molecule has 0 amide bonds. The van der Waals surface area contributed by atoms with Crippen LogP contribution in [0.4, 0.5) is 0 Å². The van der Waals surface area contributed by atoms with E-state index in [0.29, 0.717) is 29.4 Å². The first kappa shape index (κ1) is 25.7. The summed E-state index contributed by atoms with van der Waals surface area (Å²) in [6, 6.07) is 6.73. The van der Waals surface area contributed by atoms with E-state index in [4.69, 9.17) is 9.72 Å². The van der Waals surface area contributed by atoms with Crippen molar-refractivity contribution in [2.24, 2.45) is 0 Å². The number of rotatable bonds is 6. The normalized spacial score (nSPS) is 11.1. The molecule has 192 valence electrons. The number of nitrogens with zero attached hydrogens (tertiary/aromatic N) is 7. The number of hydrogen-bond acceptors (Lipinski definition) is 8. The van der Waals surface area contributed by atoms with Crippen LogP contribution in [0.25, 0.3) is 22.6 Å². The summed E-state index contributed by atoms with van der Waals surface area (Å²) >= 11 is 0. The van der Waals surface area contributed by atoms with Gasteiger partial charge in [0, 0.05) is 24.9 Å². The molecular weight excluding hydrogens is 472 g/mol. The van der Waals surface area contributed by atoms with Crippen LogP contribution in [-0.2, 0) is 6.42 Å². The second-order valence-corrected chi connectivity index (χ2v) is 8.83. The third-order valence-electron chi connectivity index (χ3n) is 5.57. The molecule has 0 saturated carbocycles. The van der Waals surface area contributed by atoms with Gasteiger partial charge in [0.05, 0.1) is 41.3 Å². The van der Waals surface area contributed by atoms with E-state index in [1.807, 2.05) is 55.7 Å². The predicted octanol–water partition coefficient (Wildman–Crippen LogP) is 2.29. The standard InChI is InChI=1S/C22H26N6O2.C4H4N2O/c1-6-17-20-10-19(25-28(20)12-15(3)23-17)18-11-21(29)27-13-16(30-8-7-26(4)5)9-14(2)22(27)24-18;7-4-1-2-5-3-6-4/h9-13H,6-8H2,1-5H3;1-3H,(H,5,6,7). The van der Waals surface area contributed by atoms with Crippen LogP contribution in [-0.4, -0.2) is 66.1 Å². The van der Waals surface area contributed by atoms with Crippen LogP contribution in [0.2, 0.25) is 0 Å². The third kappa shape index (κ3) is 6.07. The highest BCUT2D eigenvalue weighted by molar-refractivity contribution is 5.67. The van der Waals surface area contributed by atoms with E-state index in [-0.39, 0.29) is 11.1 Å². The Morgan fingerprint density at radius 2 is 1.86 bits per heavy atom. The quantitative estimate of drug-likeness (QED) is 0.375. The number of H-pyrrole nitrogens is 1. The Bertz CT molecular complexity index is 1630. The molecule has 0 fully saturated rings. The third-order valence-corrected chi connectivity index (χ3v) is 5.57. The maximum absolute atomic E-state index is 12.9. The van der Waals surface area contributed by atoms with Gasteiger partial charge < -0.3 is 14.6 Å². The summed E-state index contributed by atoms with van der Waals surface area (Å²) in [6.45, 7) is 7.28. The van der Waals surface area contributed by atoms with Crippen LogP contribution in [0.3, 0.4) is 0 Å². The Kier molecular flexibility index (Phi) is 7.73. The van der Waals surface area contributed by atoms with Crippen molar-refractivity contribution in [3.63, 3.8) is 0 Å². The Morgan fingerprint density at radius 3 is 2.51 bits per heavy atom. The van der Waals surface area contributed by atoms with Gasteiger partial charge >= 0.3 is 0 Å². The van der Waals surface area contributed by atoms with E-state index in [0.717, 1.165) is 35.4 Å². The van der Waals surface area contributed by atoms with E-state index in [9.17, 15) is 9.59 Å². The smallest absolute Gasteiger partial charge is 0.258 e. The first-order chi connectivity index (χ1) is 17.7. The second-order valence-electron chi connectivity index (χ2n) is 8.83. The van der Waals surface area contributed by atoms with Crippen molar-refractivity contribution >= 4 is 11.2 Å². The zero-order chi connectivity index (χ0) is 26.5. The van der Waals surface area contributed by atoms with E-state index >= 15 is 0 Å². The zero-order valence-electron chi connectivity index (χ0n) is 21.6. The lowest BCUT2D eigenvalue weighted by Crippen LogP contribution is -2.20. The summed E-state index contributed by atoms with van der Waals surface area (Å²) in [5.74, 6) is 0.653. The lowest BCUT2D eigenvalue weighted by atomic mass is 10.2. The number of ether oxygens (including phenoxy) is 1. The molecule has 0 spiro atoms. The van der Waals surface area contributed by atoms with Crippen molar-refractivity contribution in [2.45, 2.75) is 27.2 Å². The number of aromatic nitrogens is 7. The predicted molar refractivity (Wildman–Crippen MR) is 141 cm³/mol. The molecule has 11 nitrogen and oxygen atoms in total. The molecule has 0 saturated heterocycles. The topological polar surface area (TPSA) is 123 Å². The molecule has 5 rings (SSSR count). The summed E-state index contributed by atoms with van der Waals surface area (Å²) in [5, 5.41) is 4.64. The minimum absolute atomic E-state index is 0.116. The van der Waals surface area contributed by atoms with Gasteiger partial charge in [-0.3, -0.25) is 19.0 Å². The first-order valence-electron chi connectivity index (χ1n) is 11.9. The number of aryl methyl sites for hydroxylation is 3. The van der Waals surface area contributed by atoms with Gasteiger partial charge in [-0.15, -0.1) is 0 Å². The van der Waals surface area contributed by atoms with Gasteiger partial charge in [0.1, 0.15) is 23.7 Å². The number of likely N-dealkylation sites (N-methyl/N-ethyl adjacent to an activating group) is 1. The minimum Gasteiger partial charge on any atom is -0.491 e. The van der Waals surface area contributed by atoms with Crippen molar-refractivity contribution in [3.8, 4) is 17.1 Å². The summed E-state index contributed by atoms with van der Waals surface area (Å²) in [5.41, 5.74) is 5.19. The van der Waals surface area contributed by atoms with E-state index in [1.54, 1.807) is 6.20 Å². The van der Waals surface area contributed by atoms with Crippen molar-refractivity contribution < 1.29 is 4.74 Å². The number of aromatic amines is 1. The average molecular weight is 503 g/mol. The molecule has 5 aromatic heterocycles. The largest absolute Gasteiger partial charge is 0.491 e. The van der Waals surface area contributed by atoms with Crippen LogP contribution < -0.4 is 15.9 Å². The fourth-order valence-corrected chi connectivity index (χ4v) is 3.77. The molecule has 0 aromatic carbocycles. The van der Waals surface area contributed by atoms with Crippen LogP contribution in [0.15, 0.2) is 58.8 Å². The maximum atomic E-state index is 12.9. The Labute approximate surface area is 213 Å². The Morgan fingerprint density at radius 1 is 1.05 bits per heavy atom. The van der Waals surface area contributed by atoms with Crippen molar-refractivity contribution in [1.29, 1.82) is 0 Å². The molecule has 0 aliphatic carbocycles. The number of hydrogen-bond donors (Lipinski definition) is 1. The van der Waals surface area contributed by atoms with Gasteiger partial charge in [-0.05, 0) is 52.1 Å². The lowest BCUT2D eigenvalue weighted by molar-refractivity contribution is 0.260. The highest BCUT2D eigenvalue weighted by atomic mass is 16.5. The van der Waals surface area contributed by atoms with Crippen LogP contribution in [0, 0.1) is 13.8 Å². The molecule has 1 N–H and O–H groups in total. The molecule has 0 atom stereocenters. The number of pyridine rings is 1. The van der Waals surface area contributed by atoms with Gasteiger partial charge in [-0.2, -0.15) is 5.10 Å². The molecule has 0 aliphatic heterocycles. The SMILES string of the molecule is CCc1nc(C)cn2nc(-c3cc(=O)n4cc(OCCN(C)C)cc(C)c4n3)cc12.O=c1ccnc[nH]1. The molecule has 5 aromatic rings. The summed E-state index contributed by atoms with van der Waals surface area (Å²) in [4.78, 5) is 40.4. The molecule has 0 aliphatic rings. The average Bonchev–Trinajstić information content (AvgIpc) is 3.29. The molecule has 0 radical (unpaired) electrons. The van der Waals surface area contributed by atoms with Crippen molar-refractivity contribution in [3.05, 3.63) is 86.8 Å². The van der Waals surface area contributed by atoms with Crippen LogP contribution >= 0.6 is 0 Å². The van der Waals surface area contributed by atoms with Crippen LogP contribution in [0.5, 0.6) is 5.75 Å². The van der Waals surface area contributed by atoms with Gasteiger partial charge in [0.2, 0.25) is 0 Å². The maximum Gasteiger partial charge on any atom is 0.258 e. The molecular formula is C26H30N8O3. The Hall–Kier alpha value is -4.38. The summed E-state index contributed by atoms with van der Waals surface area (Å²) < 4.78 is 9.15. The van der Waals surface area contributed by atoms with Crippen molar-refractivity contribution in [2.75, 3.05) is 27.2 Å². The van der Waals surface area contributed by atoms with Gasteiger partial charge in [-0.25, -0.2) is 14.5 Å². The highest BCUT2D eigenvalue weighted by Gasteiger charge is 2.14. The van der Waals surface area contributed by atoms with Crippen LogP contribution in [0.1, 0.15) is 23.9 Å². The highest BCUT2D eigenvalue weighted by Crippen LogP contribution is 2.22. The molecule has 37 heavy (non-hydrogen) atoms. The first-order valence-corrected chi connectivity index (χ1v) is 11.9. The van der Waals surface area contributed by atoms with E-state index < -0.39 is 0 Å². The van der Waals surface area contributed by atoms with Gasteiger partial charge in [0.25, 0.3) is 11.1 Å². The van der Waals surface area contributed by atoms with Gasteiger partial charge in [-0.1, -0.05) is 6.92 Å². The second kappa shape index (κ2) is 11.1. The molecule has 11 heteroatoms. The monoisotopic (exact) mass is 502 g/mol. The lowest BCUT2D eigenvalue weighted by Gasteiger charge is -2.13. The number of nitrogens with one attached hydrogen (secondary N) is 1. The zero-order valence-corrected chi connectivity index (χ0v) is 21.6. The van der Waals surface area contributed by atoms with E-state index in [2.05, 4.69) is 27.0 Å². The molecule has 0 unspecified atom stereocenters. The molecule has 5 heterocycles. The van der Waals surface area contributed by atoms with E-state index in [1.165, 1.54) is 29.1 Å². The van der Waals surface area contributed by atoms with Gasteiger partial charge in [0.15, 0.2) is 0 Å². The fourth-order valence-electron chi connectivity index (χ4n) is 3.77. The fraction of sp³-hybridized carbons (Fsp3) is 0.308. The summed E-state index contributed by atoms with van der Waals surface area (Å²) in [7, 11) is 3.98. The Balaban J connectivity index is 0.000000396. The molecule has 0 bridgehead atoms. The number of fused-ring (bicyclic) bond motifs is 2. The summed E-state index contributed by atoms with van der Waals surface area (Å²) in [6.07, 6.45) is 7.18. The van der Waals surface area contributed by atoms with Crippen molar-refractivity contribution in [1.82, 2.24) is 38.9 Å². The minimum atomic E-state index is -0.168.